The molecule has 31 heavy (non-hydrogen) atoms. The second kappa shape index (κ2) is 8.34. The highest BCUT2D eigenvalue weighted by molar-refractivity contribution is 6.04. The van der Waals surface area contributed by atoms with Gasteiger partial charge in [-0.1, -0.05) is 17.7 Å². The zero-order valence-electron chi connectivity index (χ0n) is 18.6. The van der Waals surface area contributed by atoms with Crippen molar-refractivity contribution < 1.29 is 18.7 Å². The summed E-state index contributed by atoms with van der Waals surface area (Å²) in [6.07, 6.45) is 2.40. The van der Waals surface area contributed by atoms with Gasteiger partial charge < -0.3 is 4.74 Å². The van der Waals surface area contributed by atoms with Crippen LogP contribution in [0.3, 0.4) is 0 Å². The molecular formula is C24H26FN3O3. The summed E-state index contributed by atoms with van der Waals surface area (Å²) in [5.74, 6) is -0.716. The van der Waals surface area contributed by atoms with E-state index in [1.807, 2.05) is 32.0 Å². The Bertz CT molecular complexity index is 1190. The number of aromatic nitrogens is 1. The van der Waals surface area contributed by atoms with Gasteiger partial charge in [-0.3, -0.25) is 9.36 Å². The Hall–Kier alpha value is -3.48. The Morgan fingerprint density at radius 2 is 1.84 bits per heavy atom. The average molecular weight is 423 g/mol. The fourth-order valence-electron chi connectivity index (χ4n) is 3.27. The van der Waals surface area contributed by atoms with Crippen molar-refractivity contribution in [2.45, 2.75) is 47.1 Å². The fourth-order valence-corrected chi connectivity index (χ4v) is 3.27. The highest BCUT2D eigenvalue weighted by atomic mass is 19.1. The number of carbonyl (C=O) groups is 2. The van der Waals surface area contributed by atoms with Gasteiger partial charge in [0.05, 0.1) is 17.4 Å². The summed E-state index contributed by atoms with van der Waals surface area (Å²) in [6.45, 7) is 10.6. The van der Waals surface area contributed by atoms with Crippen molar-refractivity contribution >= 4 is 34.8 Å². The molecule has 7 heteroatoms. The van der Waals surface area contributed by atoms with Gasteiger partial charge in [0, 0.05) is 24.1 Å². The summed E-state index contributed by atoms with van der Waals surface area (Å²) in [5, 5.41) is 6.12. The van der Waals surface area contributed by atoms with E-state index in [0.717, 1.165) is 11.1 Å². The SMILES string of the molecule is CC(=O)N(/N=C/c1cn(C(=O)OC(C)(C)C)c2ccc(F)cc12)c1ccc(C)cc1C. The lowest BCUT2D eigenvalue weighted by molar-refractivity contribution is -0.116. The number of halogens is 1. The van der Waals surface area contributed by atoms with Gasteiger partial charge in [-0.15, -0.1) is 0 Å². The third kappa shape index (κ3) is 4.99. The number of hydrogen-bond acceptors (Lipinski definition) is 4. The van der Waals surface area contributed by atoms with Crippen molar-refractivity contribution in [3.8, 4) is 0 Å². The van der Waals surface area contributed by atoms with Gasteiger partial charge in [0.15, 0.2) is 0 Å². The molecule has 0 bridgehead atoms. The summed E-state index contributed by atoms with van der Waals surface area (Å²) < 4.78 is 20.7. The Morgan fingerprint density at radius 3 is 2.45 bits per heavy atom. The van der Waals surface area contributed by atoms with Crippen LogP contribution in [0.5, 0.6) is 0 Å². The number of aryl methyl sites for hydroxylation is 2. The molecule has 162 valence electrons. The van der Waals surface area contributed by atoms with Crippen LogP contribution in [-0.4, -0.2) is 28.4 Å². The summed E-state index contributed by atoms with van der Waals surface area (Å²) in [5.41, 5.74) is 2.90. The minimum Gasteiger partial charge on any atom is -0.443 e. The molecule has 0 fully saturated rings. The Kier molecular flexibility index (Phi) is 5.97. The smallest absolute Gasteiger partial charge is 0.419 e. The van der Waals surface area contributed by atoms with Crippen LogP contribution in [0, 0.1) is 19.7 Å². The predicted octanol–water partition coefficient (Wildman–Crippen LogP) is 5.57. The molecule has 0 N–H and O–H groups in total. The zero-order chi connectivity index (χ0) is 22.9. The molecule has 2 aromatic carbocycles. The average Bonchev–Trinajstić information content (AvgIpc) is 3.00. The van der Waals surface area contributed by atoms with Gasteiger partial charge in [-0.2, -0.15) is 5.10 Å². The molecule has 3 rings (SSSR count). The normalized spacial score (nSPS) is 11.8. The lowest BCUT2D eigenvalue weighted by Gasteiger charge is -2.19. The van der Waals surface area contributed by atoms with E-state index in [4.69, 9.17) is 4.74 Å². The molecule has 1 amide bonds. The predicted molar refractivity (Wildman–Crippen MR) is 120 cm³/mol. The number of nitrogens with zero attached hydrogens (tertiary/aromatic N) is 3. The monoisotopic (exact) mass is 423 g/mol. The van der Waals surface area contributed by atoms with Gasteiger partial charge in [0.1, 0.15) is 11.4 Å². The first kappa shape index (κ1) is 22.2. The van der Waals surface area contributed by atoms with Crippen LogP contribution in [-0.2, 0) is 9.53 Å². The summed E-state index contributed by atoms with van der Waals surface area (Å²) in [6, 6.07) is 9.81. The molecule has 0 saturated carbocycles. The number of hydrogen-bond donors (Lipinski definition) is 0. The maximum Gasteiger partial charge on any atom is 0.419 e. The number of amides is 1. The molecule has 3 aromatic rings. The van der Waals surface area contributed by atoms with E-state index >= 15 is 0 Å². The molecular weight excluding hydrogens is 397 g/mol. The number of fused-ring (bicyclic) bond motifs is 1. The van der Waals surface area contributed by atoms with Crippen molar-refractivity contribution in [2.24, 2.45) is 5.10 Å². The molecule has 0 aliphatic rings. The molecule has 1 heterocycles. The van der Waals surface area contributed by atoms with Crippen molar-refractivity contribution in [3.05, 3.63) is 65.1 Å². The van der Waals surface area contributed by atoms with Crippen LogP contribution in [0.2, 0.25) is 0 Å². The third-order valence-electron chi connectivity index (χ3n) is 4.58. The van der Waals surface area contributed by atoms with Crippen molar-refractivity contribution in [1.82, 2.24) is 4.57 Å². The van der Waals surface area contributed by atoms with Crippen LogP contribution in [0.15, 0.2) is 47.7 Å². The van der Waals surface area contributed by atoms with E-state index in [1.54, 1.807) is 20.8 Å². The van der Waals surface area contributed by atoms with Gasteiger partial charge in [-0.05, 0) is 64.4 Å². The van der Waals surface area contributed by atoms with Crippen molar-refractivity contribution in [1.29, 1.82) is 0 Å². The van der Waals surface area contributed by atoms with E-state index in [-0.39, 0.29) is 5.91 Å². The molecule has 0 aliphatic carbocycles. The number of carbonyl (C=O) groups excluding carboxylic acids is 2. The summed E-state index contributed by atoms with van der Waals surface area (Å²) in [4.78, 5) is 24.9. The summed E-state index contributed by atoms with van der Waals surface area (Å²) >= 11 is 0. The minimum atomic E-state index is -0.684. The number of benzene rings is 2. The van der Waals surface area contributed by atoms with Gasteiger partial charge >= 0.3 is 6.09 Å². The highest BCUT2D eigenvalue weighted by Gasteiger charge is 2.21. The van der Waals surface area contributed by atoms with Crippen molar-refractivity contribution in [2.75, 3.05) is 5.01 Å². The maximum atomic E-state index is 13.9. The maximum absolute atomic E-state index is 13.9. The zero-order valence-corrected chi connectivity index (χ0v) is 18.6. The van der Waals surface area contributed by atoms with Crippen LogP contribution < -0.4 is 5.01 Å². The number of ether oxygens (including phenoxy) is 1. The molecule has 0 radical (unpaired) electrons. The van der Waals surface area contributed by atoms with Crippen LogP contribution in [0.4, 0.5) is 14.9 Å². The summed E-state index contributed by atoms with van der Waals surface area (Å²) in [7, 11) is 0. The molecule has 0 saturated heterocycles. The number of hydrazone groups is 1. The van der Waals surface area contributed by atoms with E-state index in [2.05, 4.69) is 5.10 Å². The molecule has 0 atom stereocenters. The van der Waals surface area contributed by atoms with Crippen LogP contribution in [0.25, 0.3) is 10.9 Å². The second-order valence-electron chi connectivity index (χ2n) is 8.46. The highest BCUT2D eigenvalue weighted by Crippen LogP contribution is 2.25. The third-order valence-corrected chi connectivity index (χ3v) is 4.58. The van der Waals surface area contributed by atoms with E-state index in [1.165, 1.54) is 47.1 Å². The van der Waals surface area contributed by atoms with E-state index in [0.29, 0.717) is 22.2 Å². The first-order valence-corrected chi connectivity index (χ1v) is 9.92. The minimum absolute atomic E-state index is 0.273. The van der Waals surface area contributed by atoms with E-state index in [9.17, 15) is 14.0 Å². The van der Waals surface area contributed by atoms with Gasteiger partial charge in [0.25, 0.3) is 0 Å². The Morgan fingerprint density at radius 1 is 1.13 bits per heavy atom. The standard InChI is InChI=1S/C24H26FN3O3/c1-15-7-9-21(16(2)11-15)28(17(3)29)26-13-18-14-27(23(30)31-24(4,5)6)22-10-8-19(25)12-20(18)22/h7-14H,1-6H3/b26-13+. The Balaban J connectivity index is 2.07. The first-order chi connectivity index (χ1) is 14.5. The number of anilines is 1. The number of rotatable bonds is 3. The van der Waals surface area contributed by atoms with E-state index < -0.39 is 17.5 Å². The molecule has 0 unspecified atom stereocenters. The molecule has 1 aromatic heterocycles. The topological polar surface area (TPSA) is 63.9 Å². The second-order valence-corrected chi connectivity index (χ2v) is 8.46. The van der Waals surface area contributed by atoms with Gasteiger partial charge in [0.2, 0.25) is 5.91 Å². The molecule has 0 aliphatic heterocycles. The van der Waals surface area contributed by atoms with Crippen LogP contribution in [0.1, 0.15) is 44.4 Å². The van der Waals surface area contributed by atoms with Gasteiger partial charge in [-0.25, -0.2) is 14.2 Å². The lowest BCUT2D eigenvalue weighted by atomic mass is 10.1. The fraction of sp³-hybridized carbons (Fsp3) is 0.292. The lowest BCUT2D eigenvalue weighted by Crippen LogP contribution is -2.26. The first-order valence-electron chi connectivity index (χ1n) is 9.92. The molecule has 0 spiro atoms. The molecule has 6 nitrogen and oxygen atoms in total. The Labute approximate surface area is 180 Å². The largest absolute Gasteiger partial charge is 0.443 e. The van der Waals surface area contributed by atoms with Crippen molar-refractivity contribution in [3.63, 3.8) is 0 Å². The van der Waals surface area contributed by atoms with Crippen LogP contribution >= 0.6 is 0 Å². The quantitative estimate of drug-likeness (QED) is 0.409.